The van der Waals surface area contributed by atoms with Crippen LogP contribution < -0.4 is 10.2 Å². The van der Waals surface area contributed by atoms with E-state index in [0.29, 0.717) is 0 Å². The van der Waals surface area contributed by atoms with E-state index >= 15 is 0 Å². The van der Waals surface area contributed by atoms with Gasteiger partial charge in [0.25, 0.3) is 0 Å². The zero-order chi connectivity index (χ0) is 14.5. The van der Waals surface area contributed by atoms with Gasteiger partial charge in [0.2, 0.25) is 0 Å². The van der Waals surface area contributed by atoms with Gasteiger partial charge in [0.05, 0.1) is 0 Å². The smallest absolute Gasteiger partial charge is 0.123 e. The maximum Gasteiger partial charge on any atom is 0.123 e. The van der Waals surface area contributed by atoms with Crippen molar-refractivity contribution in [2.24, 2.45) is 5.92 Å². The standard InChI is InChI=1S/C17H27FN2/c1-4-14-8-10-20(11-9-14)17-7-6-15(18)12-16(17)13(3)19-5-2/h6-7,12-14,19H,4-5,8-11H2,1-3H3. The Kier molecular flexibility index (Phi) is 5.41. The summed E-state index contributed by atoms with van der Waals surface area (Å²) in [7, 11) is 0. The van der Waals surface area contributed by atoms with Gasteiger partial charge in [0.1, 0.15) is 5.82 Å². The first kappa shape index (κ1) is 15.3. The molecule has 0 aromatic heterocycles. The monoisotopic (exact) mass is 278 g/mol. The normalized spacial score (nSPS) is 18.3. The van der Waals surface area contributed by atoms with E-state index < -0.39 is 0 Å². The van der Waals surface area contributed by atoms with Gasteiger partial charge in [-0.15, -0.1) is 0 Å². The van der Waals surface area contributed by atoms with E-state index in [0.717, 1.165) is 31.1 Å². The molecule has 1 heterocycles. The summed E-state index contributed by atoms with van der Waals surface area (Å²) in [4.78, 5) is 2.43. The molecule has 0 amide bonds. The summed E-state index contributed by atoms with van der Waals surface area (Å²) in [6.45, 7) is 9.56. The highest BCUT2D eigenvalue weighted by atomic mass is 19.1. The summed E-state index contributed by atoms with van der Waals surface area (Å²) >= 11 is 0. The number of halogens is 1. The molecule has 1 atom stereocenters. The fraction of sp³-hybridized carbons (Fsp3) is 0.647. The lowest BCUT2D eigenvalue weighted by Crippen LogP contribution is -2.35. The Morgan fingerprint density at radius 1 is 1.30 bits per heavy atom. The molecule has 0 radical (unpaired) electrons. The highest BCUT2D eigenvalue weighted by Crippen LogP contribution is 2.31. The van der Waals surface area contributed by atoms with E-state index in [2.05, 4.69) is 31.0 Å². The second kappa shape index (κ2) is 7.07. The van der Waals surface area contributed by atoms with Crippen molar-refractivity contribution in [2.75, 3.05) is 24.5 Å². The van der Waals surface area contributed by atoms with Crippen LogP contribution in [0.25, 0.3) is 0 Å². The molecule has 20 heavy (non-hydrogen) atoms. The van der Waals surface area contributed by atoms with Gasteiger partial charge in [-0.1, -0.05) is 20.3 Å². The molecule has 112 valence electrons. The molecule has 1 aromatic rings. The molecule has 0 aliphatic carbocycles. The van der Waals surface area contributed by atoms with E-state index in [1.807, 2.05) is 6.07 Å². The summed E-state index contributed by atoms with van der Waals surface area (Å²) < 4.78 is 13.6. The van der Waals surface area contributed by atoms with Gasteiger partial charge in [0.15, 0.2) is 0 Å². The first-order chi connectivity index (χ1) is 9.65. The summed E-state index contributed by atoms with van der Waals surface area (Å²) in [6.07, 6.45) is 3.78. The van der Waals surface area contributed by atoms with Crippen LogP contribution in [0.5, 0.6) is 0 Å². The first-order valence-corrected chi connectivity index (χ1v) is 7.93. The molecule has 0 saturated carbocycles. The van der Waals surface area contributed by atoms with Crippen molar-refractivity contribution in [1.29, 1.82) is 0 Å². The SMILES string of the molecule is CCNC(C)c1cc(F)ccc1N1CCC(CC)CC1. The molecular weight excluding hydrogens is 251 g/mol. The molecule has 2 rings (SSSR count). The van der Waals surface area contributed by atoms with Crippen LogP contribution in [0.3, 0.4) is 0 Å². The number of hydrogen-bond donors (Lipinski definition) is 1. The predicted octanol–water partition coefficient (Wildman–Crippen LogP) is 4.12. The van der Waals surface area contributed by atoms with Crippen molar-refractivity contribution >= 4 is 5.69 Å². The number of anilines is 1. The number of piperidine rings is 1. The van der Waals surface area contributed by atoms with E-state index in [9.17, 15) is 4.39 Å². The molecule has 1 fully saturated rings. The number of rotatable bonds is 5. The van der Waals surface area contributed by atoms with Crippen LogP contribution in [0.4, 0.5) is 10.1 Å². The number of hydrogen-bond acceptors (Lipinski definition) is 2. The molecule has 0 spiro atoms. The minimum absolute atomic E-state index is 0.142. The number of nitrogens with zero attached hydrogens (tertiary/aromatic N) is 1. The van der Waals surface area contributed by atoms with Gasteiger partial charge in [-0.2, -0.15) is 0 Å². The second-order valence-corrected chi connectivity index (χ2v) is 5.82. The van der Waals surface area contributed by atoms with Crippen molar-refractivity contribution < 1.29 is 4.39 Å². The van der Waals surface area contributed by atoms with Crippen molar-refractivity contribution in [2.45, 2.75) is 46.1 Å². The summed E-state index contributed by atoms with van der Waals surface area (Å²) in [6, 6.07) is 5.41. The zero-order valence-electron chi connectivity index (χ0n) is 13.0. The van der Waals surface area contributed by atoms with E-state index in [1.54, 1.807) is 12.1 Å². The van der Waals surface area contributed by atoms with Crippen LogP contribution in [-0.4, -0.2) is 19.6 Å². The topological polar surface area (TPSA) is 15.3 Å². The van der Waals surface area contributed by atoms with E-state index in [-0.39, 0.29) is 11.9 Å². The maximum absolute atomic E-state index is 13.6. The third-order valence-corrected chi connectivity index (χ3v) is 4.50. The molecule has 3 heteroatoms. The van der Waals surface area contributed by atoms with Gasteiger partial charge in [-0.3, -0.25) is 0 Å². The van der Waals surface area contributed by atoms with Gasteiger partial charge >= 0.3 is 0 Å². The van der Waals surface area contributed by atoms with Crippen molar-refractivity contribution in [3.8, 4) is 0 Å². The zero-order valence-corrected chi connectivity index (χ0v) is 13.0. The molecule has 1 aromatic carbocycles. The lowest BCUT2D eigenvalue weighted by atomic mass is 9.93. The van der Waals surface area contributed by atoms with Crippen LogP contribution in [0, 0.1) is 11.7 Å². The lowest BCUT2D eigenvalue weighted by Gasteiger charge is -2.35. The number of benzene rings is 1. The predicted molar refractivity (Wildman–Crippen MR) is 83.7 cm³/mol. The summed E-state index contributed by atoms with van der Waals surface area (Å²) in [5.74, 6) is 0.721. The lowest BCUT2D eigenvalue weighted by molar-refractivity contribution is 0.394. The van der Waals surface area contributed by atoms with Crippen molar-refractivity contribution in [3.63, 3.8) is 0 Å². The first-order valence-electron chi connectivity index (χ1n) is 7.93. The number of nitrogens with one attached hydrogen (secondary N) is 1. The van der Waals surface area contributed by atoms with Crippen LogP contribution >= 0.6 is 0 Å². The van der Waals surface area contributed by atoms with Gasteiger partial charge in [-0.05, 0) is 56.0 Å². The molecule has 1 aliphatic rings. The molecule has 1 N–H and O–H groups in total. The highest BCUT2D eigenvalue weighted by molar-refractivity contribution is 5.55. The van der Waals surface area contributed by atoms with Crippen molar-refractivity contribution in [3.05, 3.63) is 29.6 Å². The fourth-order valence-corrected chi connectivity index (χ4v) is 3.16. The molecule has 2 nitrogen and oxygen atoms in total. The molecule has 1 saturated heterocycles. The largest absolute Gasteiger partial charge is 0.371 e. The minimum Gasteiger partial charge on any atom is -0.371 e. The maximum atomic E-state index is 13.6. The molecule has 0 bridgehead atoms. The van der Waals surface area contributed by atoms with Crippen LogP contribution in [0.15, 0.2) is 18.2 Å². The van der Waals surface area contributed by atoms with E-state index in [4.69, 9.17) is 0 Å². The molecule has 1 aliphatic heterocycles. The van der Waals surface area contributed by atoms with Gasteiger partial charge in [-0.25, -0.2) is 4.39 Å². The second-order valence-electron chi connectivity index (χ2n) is 5.82. The molecule has 1 unspecified atom stereocenters. The minimum atomic E-state index is -0.142. The average Bonchev–Trinajstić information content (AvgIpc) is 2.47. The third kappa shape index (κ3) is 3.51. The summed E-state index contributed by atoms with van der Waals surface area (Å²) in [5.41, 5.74) is 2.29. The Hall–Kier alpha value is -1.09. The quantitative estimate of drug-likeness (QED) is 0.871. The van der Waals surface area contributed by atoms with Gasteiger partial charge in [0, 0.05) is 24.8 Å². The van der Waals surface area contributed by atoms with Crippen LogP contribution in [0.2, 0.25) is 0 Å². The van der Waals surface area contributed by atoms with E-state index in [1.165, 1.54) is 24.9 Å². The summed E-state index contributed by atoms with van der Waals surface area (Å²) in [5, 5.41) is 3.40. The Bertz CT molecular complexity index is 425. The Morgan fingerprint density at radius 2 is 2.00 bits per heavy atom. The fourth-order valence-electron chi connectivity index (χ4n) is 3.16. The van der Waals surface area contributed by atoms with Gasteiger partial charge < -0.3 is 10.2 Å². The van der Waals surface area contributed by atoms with Crippen LogP contribution in [0.1, 0.15) is 51.6 Å². The van der Waals surface area contributed by atoms with Crippen molar-refractivity contribution in [1.82, 2.24) is 5.32 Å². The van der Waals surface area contributed by atoms with Crippen LogP contribution in [-0.2, 0) is 0 Å². The Morgan fingerprint density at radius 3 is 2.60 bits per heavy atom. The molecular formula is C17H27FN2. The Labute approximate surface area is 122 Å². The Balaban J connectivity index is 2.18. The average molecular weight is 278 g/mol. The highest BCUT2D eigenvalue weighted by Gasteiger charge is 2.21. The third-order valence-electron chi connectivity index (χ3n) is 4.50.